The van der Waals surface area contributed by atoms with Crippen molar-refractivity contribution in [3.05, 3.63) is 71.2 Å². The molecule has 1 amide bonds. The Bertz CT molecular complexity index is 893. The average Bonchev–Trinajstić information content (AvgIpc) is 3.41. The van der Waals surface area contributed by atoms with Crippen LogP contribution in [-0.2, 0) is 0 Å². The van der Waals surface area contributed by atoms with Gasteiger partial charge in [-0.25, -0.2) is 0 Å². The molecule has 1 aliphatic rings. The van der Waals surface area contributed by atoms with Crippen molar-refractivity contribution in [2.45, 2.75) is 0 Å². The summed E-state index contributed by atoms with van der Waals surface area (Å²) in [5.74, 6) is 0.00790. The predicted molar refractivity (Wildman–Crippen MR) is 110 cm³/mol. The zero-order valence-corrected chi connectivity index (χ0v) is 15.9. The zero-order valence-electron chi connectivity index (χ0n) is 15.0. The van der Waals surface area contributed by atoms with Crippen LogP contribution in [0, 0.1) is 0 Å². The third-order valence-corrected chi connectivity index (χ3v) is 5.62. The number of H-pyrrole nitrogens is 1. The number of carbonyl (C=O) groups excluding carboxylic acids is 1. The lowest BCUT2D eigenvalue weighted by Gasteiger charge is -2.33. The van der Waals surface area contributed by atoms with Gasteiger partial charge >= 0.3 is 0 Å². The Morgan fingerprint density at radius 2 is 1.93 bits per heavy atom. The number of aromatic nitrogens is 2. The van der Waals surface area contributed by atoms with Gasteiger partial charge in [0, 0.05) is 32.7 Å². The SMILES string of the molecule is O=C(c1cc(-c2cccs2)[nH]n1)N1CCN(C/C=C/c2ccccc2)CC1. The van der Waals surface area contributed by atoms with Crippen LogP contribution in [0.2, 0.25) is 0 Å². The van der Waals surface area contributed by atoms with Gasteiger partial charge in [-0.3, -0.25) is 14.8 Å². The number of nitrogens with one attached hydrogen (secondary N) is 1. The summed E-state index contributed by atoms with van der Waals surface area (Å²) in [7, 11) is 0. The van der Waals surface area contributed by atoms with E-state index in [1.54, 1.807) is 11.3 Å². The zero-order chi connectivity index (χ0) is 18.5. The van der Waals surface area contributed by atoms with Crippen LogP contribution in [-0.4, -0.2) is 58.6 Å². The molecule has 0 bridgehead atoms. The van der Waals surface area contributed by atoms with E-state index in [1.165, 1.54) is 5.56 Å². The predicted octanol–water partition coefficient (Wildman–Crippen LogP) is 3.61. The minimum Gasteiger partial charge on any atom is -0.335 e. The lowest BCUT2D eigenvalue weighted by molar-refractivity contribution is 0.0644. The fourth-order valence-electron chi connectivity index (χ4n) is 3.19. The van der Waals surface area contributed by atoms with Crippen molar-refractivity contribution in [2.24, 2.45) is 0 Å². The van der Waals surface area contributed by atoms with E-state index in [9.17, 15) is 4.79 Å². The quantitative estimate of drug-likeness (QED) is 0.738. The van der Waals surface area contributed by atoms with Crippen LogP contribution < -0.4 is 0 Å². The van der Waals surface area contributed by atoms with Crippen molar-refractivity contribution in [3.8, 4) is 10.6 Å². The smallest absolute Gasteiger partial charge is 0.274 e. The molecule has 1 N–H and O–H groups in total. The van der Waals surface area contributed by atoms with E-state index in [1.807, 2.05) is 46.7 Å². The summed E-state index contributed by atoms with van der Waals surface area (Å²) in [5, 5.41) is 9.21. The highest BCUT2D eigenvalue weighted by molar-refractivity contribution is 7.13. The van der Waals surface area contributed by atoms with E-state index in [-0.39, 0.29) is 5.91 Å². The standard InChI is InChI=1S/C21H22N4OS/c26-21(19-16-18(22-23-19)20-9-5-15-27-20)25-13-11-24(12-14-25)10-4-8-17-6-2-1-3-7-17/h1-9,15-16H,10-14H2,(H,22,23)/b8-4+. The third kappa shape index (κ3) is 4.35. The first-order valence-electron chi connectivity index (χ1n) is 9.12. The van der Waals surface area contributed by atoms with Gasteiger partial charge in [0.15, 0.2) is 5.69 Å². The summed E-state index contributed by atoms with van der Waals surface area (Å²) in [6.07, 6.45) is 4.33. The number of hydrogen-bond donors (Lipinski definition) is 1. The Kier molecular flexibility index (Phi) is 5.46. The lowest BCUT2D eigenvalue weighted by Crippen LogP contribution is -2.48. The molecule has 0 saturated carbocycles. The average molecular weight is 379 g/mol. The molecule has 0 radical (unpaired) electrons. The number of benzene rings is 1. The first kappa shape index (κ1) is 17.7. The summed E-state index contributed by atoms with van der Waals surface area (Å²) in [6.45, 7) is 4.14. The van der Waals surface area contributed by atoms with Crippen molar-refractivity contribution in [3.63, 3.8) is 0 Å². The fourth-order valence-corrected chi connectivity index (χ4v) is 3.88. The van der Waals surface area contributed by atoms with E-state index in [2.05, 4.69) is 39.4 Å². The highest BCUT2D eigenvalue weighted by atomic mass is 32.1. The van der Waals surface area contributed by atoms with Gasteiger partial charge in [0.05, 0.1) is 10.6 Å². The molecule has 4 rings (SSSR count). The minimum absolute atomic E-state index is 0.00790. The van der Waals surface area contributed by atoms with Crippen LogP contribution >= 0.6 is 11.3 Å². The van der Waals surface area contributed by atoms with Gasteiger partial charge in [0.25, 0.3) is 5.91 Å². The van der Waals surface area contributed by atoms with Gasteiger partial charge in [-0.2, -0.15) is 5.10 Å². The van der Waals surface area contributed by atoms with Crippen molar-refractivity contribution < 1.29 is 4.79 Å². The molecule has 0 unspecified atom stereocenters. The molecule has 1 saturated heterocycles. The van der Waals surface area contributed by atoms with Crippen LogP contribution in [0.25, 0.3) is 16.6 Å². The number of rotatable bonds is 5. The van der Waals surface area contributed by atoms with Crippen molar-refractivity contribution in [2.75, 3.05) is 32.7 Å². The molecule has 1 aliphatic heterocycles. The first-order valence-corrected chi connectivity index (χ1v) is 10.00. The number of piperazine rings is 1. The van der Waals surface area contributed by atoms with Gasteiger partial charge in [0.1, 0.15) is 0 Å². The summed E-state index contributed by atoms with van der Waals surface area (Å²) in [6, 6.07) is 16.2. The highest BCUT2D eigenvalue weighted by Gasteiger charge is 2.23. The first-order chi connectivity index (χ1) is 13.3. The molecule has 2 aromatic heterocycles. The lowest BCUT2D eigenvalue weighted by atomic mass is 10.2. The normalized spacial score (nSPS) is 15.5. The molecular formula is C21H22N4OS. The third-order valence-electron chi connectivity index (χ3n) is 4.72. The molecule has 3 aromatic rings. The van der Waals surface area contributed by atoms with Crippen LogP contribution in [0.1, 0.15) is 16.1 Å². The Hall–Kier alpha value is -2.70. The maximum absolute atomic E-state index is 12.7. The number of carbonyl (C=O) groups is 1. The van der Waals surface area contributed by atoms with E-state index in [4.69, 9.17) is 0 Å². The summed E-state index contributed by atoms with van der Waals surface area (Å²) < 4.78 is 0. The number of thiophene rings is 1. The highest BCUT2D eigenvalue weighted by Crippen LogP contribution is 2.23. The maximum Gasteiger partial charge on any atom is 0.274 e. The Morgan fingerprint density at radius 1 is 1.11 bits per heavy atom. The Labute approximate surface area is 162 Å². The summed E-state index contributed by atoms with van der Waals surface area (Å²) >= 11 is 1.63. The molecule has 6 heteroatoms. The molecule has 0 spiro atoms. The van der Waals surface area contributed by atoms with Gasteiger partial charge in [-0.1, -0.05) is 48.6 Å². The molecule has 27 heavy (non-hydrogen) atoms. The molecule has 3 heterocycles. The van der Waals surface area contributed by atoms with Crippen molar-refractivity contribution in [1.29, 1.82) is 0 Å². The van der Waals surface area contributed by atoms with Crippen LogP contribution in [0.15, 0.2) is 60.0 Å². The Morgan fingerprint density at radius 3 is 2.67 bits per heavy atom. The maximum atomic E-state index is 12.7. The molecule has 0 atom stereocenters. The van der Waals surface area contributed by atoms with Crippen molar-refractivity contribution >= 4 is 23.3 Å². The molecule has 1 fully saturated rings. The second-order valence-electron chi connectivity index (χ2n) is 6.55. The van der Waals surface area contributed by atoms with Gasteiger partial charge < -0.3 is 4.90 Å². The van der Waals surface area contributed by atoms with E-state index in [0.717, 1.165) is 43.3 Å². The molecule has 5 nitrogen and oxygen atoms in total. The van der Waals surface area contributed by atoms with Gasteiger partial charge in [0.2, 0.25) is 0 Å². The topological polar surface area (TPSA) is 52.2 Å². The summed E-state index contributed by atoms with van der Waals surface area (Å²) in [5.41, 5.74) is 2.61. The van der Waals surface area contributed by atoms with Crippen LogP contribution in [0.5, 0.6) is 0 Å². The van der Waals surface area contributed by atoms with Crippen LogP contribution in [0.4, 0.5) is 0 Å². The summed E-state index contributed by atoms with van der Waals surface area (Å²) in [4.78, 5) is 18.1. The number of aromatic amines is 1. The monoisotopic (exact) mass is 378 g/mol. The minimum atomic E-state index is 0.00790. The van der Waals surface area contributed by atoms with Gasteiger partial charge in [-0.05, 0) is 23.1 Å². The van der Waals surface area contributed by atoms with Crippen molar-refractivity contribution in [1.82, 2.24) is 20.0 Å². The second kappa shape index (κ2) is 8.33. The molecule has 0 aliphatic carbocycles. The second-order valence-corrected chi connectivity index (χ2v) is 7.50. The van der Waals surface area contributed by atoms with E-state index >= 15 is 0 Å². The van der Waals surface area contributed by atoms with Crippen LogP contribution in [0.3, 0.4) is 0 Å². The molecule has 138 valence electrons. The van der Waals surface area contributed by atoms with E-state index < -0.39 is 0 Å². The fraction of sp³-hybridized carbons (Fsp3) is 0.238. The number of amides is 1. The van der Waals surface area contributed by atoms with E-state index in [0.29, 0.717) is 5.69 Å². The molecular weight excluding hydrogens is 356 g/mol. The van der Waals surface area contributed by atoms with Gasteiger partial charge in [-0.15, -0.1) is 11.3 Å². The molecule has 1 aromatic carbocycles. The number of hydrogen-bond acceptors (Lipinski definition) is 4. The Balaban J connectivity index is 1.29. The number of nitrogens with zero attached hydrogens (tertiary/aromatic N) is 3. The largest absolute Gasteiger partial charge is 0.335 e.